The highest BCUT2D eigenvalue weighted by Gasteiger charge is 2.19. The van der Waals surface area contributed by atoms with Crippen molar-refractivity contribution in [2.45, 2.75) is 18.8 Å². The zero-order valence-corrected chi connectivity index (χ0v) is 10.1. The number of hydrogen-bond acceptors (Lipinski definition) is 4. The van der Waals surface area contributed by atoms with Crippen LogP contribution in [-0.4, -0.2) is 34.5 Å². The number of nitrogens with one attached hydrogen (secondary N) is 2. The zero-order valence-electron chi connectivity index (χ0n) is 10.1. The Labute approximate surface area is 106 Å². The molecule has 0 bridgehead atoms. The quantitative estimate of drug-likeness (QED) is 0.380. The van der Waals surface area contributed by atoms with Crippen molar-refractivity contribution in [2.24, 2.45) is 5.73 Å². The van der Waals surface area contributed by atoms with Crippen LogP contribution in [-0.2, 0) is 0 Å². The van der Waals surface area contributed by atoms with Gasteiger partial charge in [0, 0.05) is 11.2 Å². The van der Waals surface area contributed by atoms with E-state index in [2.05, 4.69) is 10.3 Å². The van der Waals surface area contributed by atoms with Crippen LogP contribution in [0.2, 0.25) is 0 Å². The summed E-state index contributed by atoms with van der Waals surface area (Å²) in [4.78, 5) is 3.09. The van der Waals surface area contributed by atoms with E-state index in [1.54, 1.807) is 0 Å². The second-order valence-electron chi connectivity index (χ2n) is 4.30. The molecule has 0 saturated carbocycles. The Bertz CT molecular complexity index is 465. The van der Waals surface area contributed by atoms with Crippen LogP contribution in [0, 0.1) is 0 Å². The van der Waals surface area contributed by atoms with Crippen LogP contribution in [0.5, 0.6) is 0 Å². The summed E-state index contributed by atoms with van der Waals surface area (Å²) >= 11 is 0. The van der Waals surface area contributed by atoms with Crippen LogP contribution in [0.1, 0.15) is 18.2 Å². The molecule has 5 heteroatoms. The number of para-hydroxylation sites is 1. The molecule has 0 fully saturated rings. The monoisotopic (exact) mass is 249 g/mol. The lowest BCUT2D eigenvalue weighted by Crippen LogP contribution is -2.36. The number of nitrogens with two attached hydrogens (primary N) is 1. The van der Waals surface area contributed by atoms with E-state index in [1.165, 1.54) is 0 Å². The Balaban J connectivity index is 2.05. The van der Waals surface area contributed by atoms with E-state index in [-0.39, 0.29) is 0 Å². The van der Waals surface area contributed by atoms with Gasteiger partial charge >= 0.3 is 0 Å². The predicted octanol–water partition coefficient (Wildman–Crippen LogP) is 0.458. The summed E-state index contributed by atoms with van der Waals surface area (Å²) in [6.45, 7) is 1.14. The number of rotatable bonds is 6. The first kappa shape index (κ1) is 13.0. The number of aliphatic hydroxyl groups excluding tert-OH is 2. The van der Waals surface area contributed by atoms with Crippen molar-refractivity contribution < 1.29 is 10.2 Å². The minimum absolute atomic E-state index is 0.558. The Hall–Kier alpha value is -1.40. The minimum atomic E-state index is -0.996. The molecule has 0 spiro atoms. The van der Waals surface area contributed by atoms with Gasteiger partial charge in [-0.15, -0.1) is 0 Å². The van der Waals surface area contributed by atoms with E-state index in [9.17, 15) is 10.2 Å². The van der Waals surface area contributed by atoms with Gasteiger partial charge in [0.15, 0.2) is 0 Å². The molecule has 0 radical (unpaired) electrons. The van der Waals surface area contributed by atoms with Crippen LogP contribution in [0.15, 0.2) is 30.3 Å². The number of fused-ring (bicyclic) bond motifs is 1. The molecule has 1 heterocycles. The third-order valence-electron chi connectivity index (χ3n) is 2.90. The van der Waals surface area contributed by atoms with Gasteiger partial charge in [-0.1, -0.05) is 18.2 Å². The summed E-state index contributed by atoms with van der Waals surface area (Å²) in [5.41, 5.74) is 6.91. The predicted molar refractivity (Wildman–Crippen MR) is 70.9 cm³/mol. The summed E-state index contributed by atoms with van der Waals surface area (Å²) in [7, 11) is 0. The lowest BCUT2D eigenvalue weighted by atomic mass is 10.2. The van der Waals surface area contributed by atoms with Crippen molar-refractivity contribution in [1.29, 1.82) is 0 Å². The summed E-state index contributed by atoms with van der Waals surface area (Å²) in [5, 5.41) is 23.7. The van der Waals surface area contributed by atoms with Gasteiger partial charge in [0.05, 0.1) is 0 Å². The smallest absolute Gasteiger partial charge is 0.136 e. The van der Waals surface area contributed by atoms with E-state index in [0.717, 1.165) is 17.3 Å². The van der Waals surface area contributed by atoms with Gasteiger partial charge in [-0.2, -0.15) is 0 Å². The van der Waals surface area contributed by atoms with E-state index >= 15 is 0 Å². The van der Waals surface area contributed by atoms with Gasteiger partial charge in [-0.3, -0.25) is 5.32 Å². The van der Waals surface area contributed by atoms with E-state index in [4.69, 9.17) is 5.73 Å². The van der Waals surface area contributed by atoms with Gasteiger partial charge in [0.2, 0.25) is 0 Å². The molecule has 0 amide bonds. The fourth-order valence-corrected chi connectivity index (χ4v) is 1.89. The average molecular weight is 249 g/mol. The van der Waals surface area contributed by atoms with Crippen molar-refractivity contribution >= 4 is 10.9 Å². The van der Waals surface area contributed by atoms with Crippen LogP contribution in [0.3, 0.4) is 0 Å². The van der Waals surface area contributed by atoms with Crippen molar-refractivity contribution in [3.8, 4) is 0 Å². The van der Waals surface area contributed by atoms with Gasteiger partial charge in [-0.25, -0.2) is 0 Å². The maximum absolute atomic E-state index is 10.0. The standard InChI is InChI=1S/C13H19N3O2/c14-6-3-7-15-13(18)12(17)11-8-9-4-1-2-5-10(9)16-11/h1-2,4-5,8,12-13,15-18H,3,6-7,14H2. The summed E-state index contributed by atoms with van der Waals surface area (Å²) in [5.74, 6) is 0. The largest absolute Gasteiger partial charge is 0.383 e. The molecule has 2 unspecified atom stereocenters. The lowest BCUT2D eigenvalue weighted by molar-refractivity contribution is -0.00474. The lowest BCUT2D eigenvalue weighted by Gasteiger charge is -2.17. The maximum atomic E-state index is 10.0. The van der Waals surface area contributed by atoms with E-state index in [1.807, 2.05) is 30.3 Å². The average Bonchev–Trinajstić information content (AvgIpc) is 2.81. The molecule has 5 nitrogen and oxygen atoms in total. The molecule has 0 aliphatic carbocycles. The van der Waals surface area contributed by atoms with Crippen LogP contribution >= 0.6 is 0 Å². The van der Waals surface area contributed by atoms with Crippen molar-refractivity contribution in [3.05, 3.63) is 36.0 Å². The number of aromatic amines is 1. The normalized spacial score (nSPS) is 14.8. The SMILES string of the molecule is NCCCNC(O)C(O)c1cc2ccccc2[nH]1. The summed E-state index contributed by atoms with van der Waals surface area (Å²) in [6, 6.07) is 9.58. The van der Waals surface area contributed by atoms with Crippen molar-refractivity contribution in [2.75, 3.05) is 13.1 Å². The molecule has 2 atom stereocenters. The first-order valence-electron chi connectivity index (χ1n) is 6.09. The highest BCUT2D eigenvalue weighted by atomic mass is 16.3. The molecular formula is C13H19N3O2. The first-order chi connectivity index (χ1) is 8.72. The highest BCUT2D eigenvalue weighted by molar-refractivity contribution is 5.80. The Morgan fingerprint density at radius 2 is 2.06 bits per heavy atom. The third-order valence-corrected chi connectivity index (χ3v) is 2.90. The highest BCUT2D eigenvalue weighted by Crippen LogP contribution is 2.21. The number of hydrogen-bond donors (Lipinski definition) is 5. The molecular weight excluding hydrogens is 230 g/mol. The summed E-state index contributed by atoms with van der Waals surface area (Å²) < 4.78 is 0. The molecule has 2 aromatic rings. The van der Waals surface area contributed by atoms with Gasteiger partial charge in [0.25, 0.3) is 0 Å². The van der Waals surface area contributed by atoms with Crippen LogP contribution in [0.25, 0.3) is 10.9 Å². The maximum Gasteiger partial charge on any atom is 0.136 e. The molecule has 6 N–H and O–H groups in total. The number of benzene rings is 1. The topological polar surface area (TPSA) is 94.3 Å². The second-order valence-corrected chi connectivity index (χ2v) is 4.30. The molecule has 0 aliphatic rings. The third kappa shape index (κ3) is 2.88. The van der Waals surface area contributed by atoms with Crippen molar-refractivity contribution in [3.63, 3.8) is 0 Å². The van der Waals surface area contributed by atoms with Crippen molar-refractivity contribution in [1.82, 2.24) is 10.3 Å². The molecule has 18 heavy (non-hydrogen) atoms. The van der Waals surface area contributed by atoms with Gasteiger partial charge in [0.1, 0.15) is 12.3 Å². The second kappa shape index (κ2) is 5.97. The zero-order chi connectivity index (χ0) is 13.0. The fraction of sp³-hybridized carbons (Fsp3) is 0.385. The molecule has 0 aliphatic heterocycles. The van der Waals surface area contributed by atoms with Crippen LogP contribution in [0.4, 0.5) is 0 Å². The Morgan fingerprint density at radius 1 is 1.28 bits per heavy atom. The molecule has 0 saturated heterocycles. The fourth-order valence-electron chi connectivity index (χ4n) is 1.89. The minimum Gasteiger partial charge on any atom is -0.383 e. The molecule has 2 rings (SSSR count). The molecule has 1 aromatic heterocycles. The Kier molecular flexibility index (Phi) is 4.33. The number of aromatic nitrogens is 1. The molecule has 98 valence electrons. The Morgan fingerprint density at radius 3 is 2.78 bits per heavy atom. The summed E-state index contributed by atoms with van der Waals surface area (Å²) in [6.07, 6.45) is -1.21. The first-order valence-corrected chi connectivity index (χ1v) is 6.09. The van der Waals surface area contributed by atoms with Gasteiger partial charge < -0.3 is 20.9 Å². The molecule has 1 aromatic carbocycles. The van der Waals surface area contributed by atoms with Crippen LogP contribution < -0.4 is 11.1 Å². The van der Waals surface area contributed by atoms with E-state index < -0.39 is 12.3 Å². The van der Waals surface area contributed by atoms with Gasteiger partial charge in [-0.05, 0) is 37.0 Å². The number of aliphatic hydroxyl groups is 2. The van der Waals surface area contributed by atoms with E-state index in [0.29, 0.717) is 18.8 Å². The number of H-pyrrole nitrogens is 1.